The Bertz CT molecular complexity index is 1030. The van der Waals surface area contributed by atoms with E-state index in [0.29, 0.717) is 12.8 Å². The monoisotopic (exact) mass is 832 g/mol. The highest BCUT2D eigenvalue weighted by molar-refractivity contribution is 7.47. The number of carboxylic acid groups (broad SMARTS) is 1. The molecule has 1 amide bonds. The van der Waals surface area contributed by atoms with Crippen LogP contribution in [0.3, 0.4) is 0 Å². The first-order chi connectivity index (χ1) is 27.6. The lowest BCUT2D eigenvalue weighted by Crippen LogP contribution is -2.43. The molecule has 0 aliphatic rings. The van der Waals surface area contributed by atoms with Crippen LogP contribution in [0.4, 0.5) is 0 Å². The number of amides is 1. The molecule has 0 fully saturated rings. The van der Waals surface area contributed by atoms with Crippen LogP contribution in [-0.2, 0) is 32.7 Å². The molecule has 0 rings (SSSR count). The number of ether oxygens (including phenoxy) is 1. The number of nitrogens with one attached hydrogen (secondary N) is 1. The van der Waals surface area contributed by atoms with Gasteiger partial charge in [-0.05, 0) is 38.5 Å². The predicted octanol–water partition coefficient (Wildman–Crippen LogP) is 12.1. The number of hydrogen-bond donors (Lipinski definition) is 4. The van der Waals surface area contributed by atoms with Gasteiger partial charge in [0.2, 0.25) is 5.91 Å². The van der Waals surface area contributed by atoms with Crippen molar-refractivity contribution >= 4 is 25.7 Å². The smallest absolute Gasteiger partial charge is 0.472 e. The Balaban J connectivity index is 3.81. The molecule has 336 valence electrons. The Labute approximate surface area is 347 Å². The number of carbonyl (C=O) groups excluding carboxylic acids is 2. The summed E-state index contributed by atoms with van der Waals surface area (Å²) in [5.74, 6) is -2.36. The summed E-state index contributed by atoms with van der Waals surface area (Å²) >= 11 is 0. The van der Waals surface area contributed by atoms with E-state index in [1.165, 1.54) is 148 Å². The van der Waals surface area contributed by atoms with Gasteiger partial charge < -0.3 is 25.2 Å². The topological polar surface area (TPSA) is 169 Å². The van der Waals surface area contributed by atoms with Crippen molar-refractivity contribution in [1.82, 2.24) is 5.32 Å². The van der Waals surface area contributed by atoms with Gasteiger partial charge >= 0.3 is 19.8 Å². The maximum Gasteiger partial charge on any atom is 0.472 e. The van der Waals surface area contributed by atoms with Gasteiger partial charge in [0.25, 0.3) is 0 Å². The van der Waals surface area contributed by atoms with Crippen molar-refractivity contribution in [1.29, 1.82) is 0 Å². The highest BCUT2D eigenvalue weighted by atomic mass is 31.2. The van der Waals surface area contributed by atoms with Crippen molar-refractivity contribution in [3.05, 3.63) is 12.2 Å². The number of phosphoric ester groups is 1. The van der Waals surface area contributed by atoms with Gasteiger partial charge in [-0.3, -0.25) is 18.6 Å². The van der Waals surface area contributed by atoms with Gasteiger partial charge in [0.05, 0.1) is 13.2 Å². The zero-order valence-corrected chi connectivity index (χ0v) is 37.3. The number of unbranched alkanes of at least 4 members (excludes halogenated alkanes) is 28. The fourth-order valence-electron chi connectivity index (χ4n) is 6.66. The Morgan fingerprint density at radius 1 is 0.544 bits per heavy atom. The second-order valence-electron chi connectivity index (χ2n) is 15.9. The molecule has 0 saturated heterocycles. The molecule has 0 heterocycles. The van der Waals surface area contributed by atoms with E-state index in [1.807, 2.05) is 0 Å². The van der Waals surface area contributed by atoms with Crippen molar-refractivity contribution in [2.24, 2.45) is 0 Å². The van der Waals surface area contributed by atoms with Crippen LogP contribution in [0.15, 0.2) is 12.2 Å². The third-order valence-corrected chi connectivity index (χ3v) is 11.3. The Hall–Kier alpha value is -1.78. The molecule has 0 aliphatic heterocycles. The van der Waals surface area contributed by atoms with Crippen molar-refractivity contribution in [2.45, 2.75) is 238 Å². The molecule has 57 heavy (non-hydrogen) atoms. The minimum atomic E-state index is -4.75. The van der Waals surface area contributed by atoms with Gasteiger partial charge in [0.15, 0.2) is 6.04 Å². The number of aliphatic carboxylic acids is 1. The molecular weight excluding hydrogens is 745 g/mol. The molecule has 0 bridgehead atoms. The molecule has 0 aromatic heterocycles. The molecule has 12 heteroatoms. The standard InChI is InChI=1S/C45H86NO10P/c1-3-5-7-9-11-13-15-16-17-18-19-20-21-22-23-24-25-26-27-28-30-32-34-36-43(48)46-42(45(50)51)40-56-57(52,53)55-39-41(47)38-54-44(49)37-35-33-31-29-14-12-10-8-6-4-2/h16-17,41-42,47H,3-15,18-40H2,1-2H3,(H,46,48)(H,50,51)(H,52,53)/b17-16+. The van der Waals surface area contributed by atoms with E-state index < -0.39 is 57.6 Å². The van der Waals surface area contributed by atoms with Gasteiger partial charge in [0.1, 0.15) is 12.7 Å². The van der Waals surface area contributed by atoms with Crippen molar-refractivity contribution in [2.75, 3.05) is 19.8 Å². The second-order valence-corrected chi connectivity index (χ2v) is 17.4. The van der Waals surface area contributed by atoms with Crippen LogP contribution in [0.1, 0.15) is 226 Å². The number of carbonyl (C=O) groups is 3. The van der Waals surface area contributed by atoms with E-state index in [-0.39, 0.29) is 12.8 Å². The molecule has 0 aromatic rings. The summed E-state index contributed by atoms with van der Waals surface area (Å²) in [7, 11) is -4.75. The average molecular weight is 832 g/mol. The van der Waals surface area contributed by atoms with Crippen LogP contribution in [0.5, 0.6) is 0 Å². The summed E-state index contributed by atoms with van der Waals surface area (Å²) < 4.78 is 26.8. The maximum atomic E-state index is 12.3. The molecule has 4 N–H and O–H groups in total. The SMILES string of the molecule is CCCCCCCC/C=C/CCCCCCCCCCCCCCCC(=O)NC(COP(=O)(O)OCC(O)COC(=O)CCCCCCCCCCCC)C(=O)O. The first-order valence-electron chi connectivity index (χ1n) is 23.2. The number of rotatable bonds is 44. The van der Waals surface area contributed by atoms with Gasteiger partial charge in [-0.15, -0.1) is 0 Å². The molecule has 11 nitrogen and oxygen atoms in total. The van der Waals surface area contributed by atoms with Crippen molar-refractivity contribution < 1.29 is 47.8 Å². The van der Waals surface area contributed by atoms with Crippen LogP contribution < -0.4 is 5.32 Å². The summed E-state index contributed by atoms with van der Waals surface area (Å²) in [6, 6.07) is -1.54. The molecule has 3 unspecified atom stereocenters. The van der Waals surface area contributed by atoms with Crippen molar-refractivity contribution in [3.8, 4) is 0 Å². The number of esters is 1. The number of aliphatic hydroxyl groups excluding tert-OH is 1. The first kappa shape index (κ1) is 55.2. The summed E-state index contributed by atoms with van der Waals surface area (Å²) in [6.45, 7) is 2.59. The van der Waals surface area contributed by atoms with Gasteiger partial charge in [-0.1, -0.05) is 187 Å². The van der Waals surface area contributed by atoms with Crippen molar-refractivity contribution in [3.63, 3.8) is 0 Å². The van der Waals surface area contributed by atoms with E-state index >= 15 is 0 Å². The number of hydrogen-bond acceptors (Lipinski definition) is 8. The van der Waals surface area contributed by atoms with E-state index in [4.69, 9.17) is 13.8 Å². The van der Waals surface area contributed by atoms with E-state index in [9.17, 15) is 34.1 Å². The maximum absolute atomic E-state index is 12.3. The van der Waals surface area contributed by atoms with Crippen LogP contribution in [0.25, 0.3) is 0 Å². The minimum absolute atomic E-state index is 0.149. The number of carboxylic acids is 1. The molecule has 3 atom stereocenters. The highest BCUT2D eigenvalue weighted by Crippen LogP contribution is 2.43. The van der Waals surface area contributed by atoms with Crippen LogP contribution in [0, 0.1) is 0 Å². The van der Waals surface area contributed by atoms with Crippen LogP contribution in [0.2, 0.25) is 0 Å². The minimum Gasteiger partial charge on any atom is -0.480 e. The molecule has 0 aromatic carbocycles. The third-order valence-electron chi connectivity index (χ3n) is 10.3. The van der Waals surface area contributed by atoms with E-state index in [0.717, 1.165) is 38.5 Å². The Morgan fingerprint density at radius 2 is 0.912 bits per heavy atom. The molecule has 0 spiro atoms. The number of phosphoric acid groups is 1. The first-order valence-corrected chi connectivity index (χ1v) is 24.7. The Kier molecular flexibility index (Phi) is 39.7. The fourth-order valence-corrected chi connectivity index (χ4v) is 7.44. The summed E-state index contributed by atoms with van der Waals surface area (Å²) in [6.07, 6.45) is 41.0. The Morgan fingerprint density at radius 3 is 1.33 bits per heavy atom. The highest BCUT2D eigenvalue weighted by Gasteiger charge is 2.28. The van der Waals surface area contributed by atoms with Crippen LogP contribution in [-0.4, -0.2) is 64.9 Å². The largest absolute Gasteiger partial charge is 0.480 e. The molecular formula is C45H86NO10P. The lowest BCUT2D eigenvalue weighted by atomic mass is 10.0. The quantitative estimate of drug-likeness (QED) is 0.0201. The molecule has 0 aliphatic carbocycles. The van der Waals surface area contributed by atoms with E-state index in [2.05, 4.69) is 31.3 Å². The average Bonchev–Trinajstić information content (AvgIpc) is 3.18. The fraction of sp³-hybridized carbons (Fsp3) is 0.889. The second kappa shape index (κ2) is 41.0. The van der Waals surface area contributed by atoms with Gasteiger partial charge in [0, 0.05) is 12.8 Å². The van der Waals surface area contributed by atoms with E-state index in [1.54, 1.807) is 0 Å². The zero-order chi connectivity index (χ0) is 42.1. The van der Waals surface area contributed by atoms with Crippen LogP contribution >= 0.6 is 7.82 Å². The lowest BCUT2D eigenvalue weighted by Gasteiger charge is -2.18. The van der Waals surface area contributed by atoms with Gasteiger partial charge in [-0.25, -0.2) is 9.36 Å². The zero-order valence-electron chi connectivity index (χ0n) is 36.4. The number of aliphatic hydroxyl groups is 1. The lowest BCUT2D eigenvalue weighted by molar-refractivity contribution is -0.147. The summed E-state index contributed by atoms with van der Waals surface area (Å²) in [5, 5.41) is 21.8. The summed E-state index contributed by atoms with van der Waals surface area (Å²) in [4.78, 5) is 45.9. The normalized spacial score (nSPS) is 13.8. The molecule has 0 radical (unpaired) electrons. The van der Waals surface area contributed by atoms with Gasteiger partial charge in [-0.2, -0.15) is 0 Å². The number of allylic oxidation sites excluding steroid dienone is 2. The predicted molar refractivity (Wildman–Crippen MR) is 231 cm³/mol. The summed E-state index contributed by atoms with van der Waals surface area (Å²) in [5.41, 5.74) is 0. The third kappa shape index (κ3) is 40.8. The molecule has 0 saturated carbocycles.